The number of amides is 1. The first-order valence-electron chi connectivity index (χ1n) is 8.96. The Hall–Kier alpha value is -2.27. The van der Waals surface area contributed by atoms with Crippen LogP contribution in [0.2, 0.25) is 5.02 Å². The zero-order valence-corrected chi connectivity index (χ0v) is 19.9. The van der Waals surface area contributed by atoms with Gasteiger partial charge < -0.3 is 9.47 Å². The topological polar surface area (TPSA) is 85.7 Å². The van der Waals surface area contributed by atoms with Crippen molar-refractivity contribution in [3.63, 3.8) is 0 Å². The zero-order chi connectivity index (χ0) is 22.1. The molecular weight excluding hydrogens is 476 g/mol. The van der Waals surface area contributed by atoms with E-state index in [9.17, 15) is 4.79 Å². The Morgan fingerprint density at radius 1 is 1.13 bits per heavy atom. The van der Waals surface area contributed by atoms with E-state index >= 15 is 0 Å². The van der Waals surface area contributed by atoms with Crippen LogP contribution in [0, 0.1) is 0 Å². The molecule has 3 aromatic rings. The molecule has 0 spiro atoms. The van der Waals surface area contributed by atoms with E-state index in [0.717, 1.165) is 19.3 Å². The van der Waals surface area contributed by atoms with Crippen LogP contribution in [0.25, 0.3) is 0 Å². The van der Waals surface area contributed by atoms with Crippen molar-refractivity contribution in [2.45, 2.75) is 14.4 Å². The van der Waals surface area contributed by atoms with Crippen LogP contribution in [0.5, 0.6) is 11.5 Å². The number of carbonyl (C=O) groups excluding carboxylic acids is 1. The van der Waals surface area contributed by atoms with E-state index in [4.69, 9.17) is 21.1 Å². The minimum Gasteiger partial charge on any atom is -0.493 e. The lowest BCUT2D eigenvalue weighted by Gasteiger charge is -2.09. The van der Waals surface area contributed by atoms with Gasteiger partial charge in [-0.15, -0.1) is 10.2 Å². The number of rotatable bonds is 10. The molecule has 1 heterocycles. The Morgan fingerprint density at radius 2 is 1.90 bits per heavy atom. The van der Waals surface area contributed by atoms with Gasteiger partial charge in [-0.1, -0.05) is 70.7 Å². The number of nitrogens with one attached hydrogen (secondary N) is 1. The summed E-state index contributed by atoms with van der Waals surface area (Å²) in [6, 6.07) is 13.1. The van der Waals surface area contributed by atoms with Gasteiger partial charge in [0.1, 0.15) is 0 Å². The molecule has 1 aromatic heterocycles. The summed E-state index contributed by atoms with van der Waals surface area (Å²) in [5.74, 6) is 1.78. The summed E-state index contributed by atoms with van der Waals surface area (Å²) in [4.78, 5) is 12.1. The third kappa shape index (κ3) is 6.86. The summed E-state index contributed by atoms with van der Waals surface area (Å²) in [5, 5.41) is 13.0. The molecule has 0 saturated heterocycles. The molecule has 11 heteroatoms. The number of benzene rings is 2. The van der Waals surface area contributed by atoms with Crippen LogP contribution in [-0.2, 0) is 10.5 Å². The molecule has 0 fully saturated rings. The van der Waals surface area contributed by atoms with E-state index in [1.807, 2.05) is 36.4 Å². The van der Waals surface area contributed by atoms with Gasteiger partial charge >= 0.3 is 0 Å². The minimum atomic E-state index is -0.247. The first-order chi connectivity index (χ1) is 15.1. The second kappa shape index (κ2) is 11.9. The monoisotopic (exact) mass is 494 g/mol. The van der Waals surface area contributed by atoms with Crippen LogP contribution in [0.4, 0.5) is 0 Å². The maximum atomic E-state index is 12.1. The molecule has 0 aliphatic rings. The summed E-state index contributed by atoms with van der Waals surface area (Å²) in [7, 11) is 3.11. The van der Waals surface area contributed by atoms with Crippen molar-refractivity contribution in [3.05, 3.63) is 58.6 Å². The smallest absolute Gasteiger partial charge is 0.250 e. The molecule has 1 amide bonds. The van der Waals surface area contributed by atoms with E-state index in [0.29, 0.717) is 22.8 Å². The lowest BCUT2D eigenvalue weighted by Crippen LogP contribution is -2.19. The zero-order valence-electron chi connectivity index (χ0n) is 16.7. The van der Waals surface area contributed by atoms with Gasteiger partial charge in [-0.3, -0.25) is 4.79 Å². The van der Waals surface area contributed by atoms with Crippen molar-refractivity contribution < 1.29 is 14.3 Å². The van der Waals surface area contributed by atoms with E-state index in [1.54, 1.807) is 32.0 Å². The predicted octanol–water partition coefficient (Wildman–Crippen LogP) is 4.74. The number of halogens is 1. The average Bonchev–Trinajstić information content (AvgIpc) is 3.24. The highest BCUT2D eigenvalue weighted by Gasteiger charge is 2.10. The molecule has 0 radical (unpaired) electrons. The molecule has 2 aromatic carbocycles. The number of carbonyl (C=O) groups is 1. The van der Waals surface area contributed by atoms with Gasteiger partial charge in [-0.2, -0.15) is 5.10 Å². The minimum absolute atomic E-state index is 0.177. The molecule has 0 atom stereocenters. The number of para-hydroxylation sites is 1. The maximum absolute atomic E-state index is 12.1. The molecule has 0 bridgehead atoms. The number of hydrogen-bond donors (Lipinski definition) is 1. The quantitative estimate of drug-likeness (QED) is 0.247. The average molecular weight is 495 g/mol. The summed E-state index contributed by atoms with van der Waals surface area (Å²) in [5.41, 5.74) is 4.24. The van der Waals surface area contributed by atoms with Crippen LogP contribution in [-0.4, -0.2) is 42.3 Å². The van der Waals surface area contributed by atoms with Crippen molar-refractivity contribution in [2.75, 3.05) is 20.0 Å². The number of hydrogen-bond acceptors (Lipinski definition) is 9. The van der Waals surface area contributed by atoms with Gasteiger partial charge in [0.25, 0.3) is 5.91 Å². The van der Waals surface area contributed by atoms with Crippen molar-refractivity contribution >= 4 is 58.6 Å². The van der Waals surface area contributed by atoms with Gasteiger partial charge in [0.15, 0.2) is 20.2 Å². The van der Waals surface area contributed by atoms with Gasteiger partial charge in [0.05, 0.1) is 26.2 Å². The number of ether oxygens (including phenoxy) is 2. The summed E-state index contributed by atoms with van der Waals surface area (Å²) in [6.07, 6.45) is 1.51. The fraction of sp³-hybridized carbons (Fsp3) is 0.200. The van der Waals surface area contributed by atoms with Gasteiger partial charge in [0.2, 0.25) is 0 Å². The van der Waals surface area contributed by atoms with Crippen molar-refractivity contribution in [1.82, 2.24) is 15.6 Å². The van der Waals surface area contributed by atoms with Crippen LogP contribution in [0.3, 0.4) is 0 Å². The molecule has 1 N–H and O–H groups in total. The summed E-state index contributed by atoms with van der Waals surface area (Å²) >= 11 is 10.5. The number of aromatic nitrogens is 2. The van der Waals surface area contributed by atoms with E-state index in [1.165, 1.54) is 29.3 Å². The largest absolute Gasteiger partial charge is 0.493 e. The Bertz CT molecular complexity index is 1060. The van der Waals surface area contributed by atoms with Gasteiger partial charge in [-0.25, -0.2) is 5.43 Å². The Balaban J connectivity index is 1.46. The number of methoxy groups -OCH3 is 2. The Morgan fingerprint density at radius 3 is 2.65 bits per heavy atom. The van der Waals surface area contributed by atoms with Crippen LogP contribution in [0.15, 0.2) is 56.2 Å². The molecule has 3 rings (SSSR count). The lowest BCUT2D eigenvalue weighted by molar-refractivity contribution is -0.118. The SMILES string of the molecule is COc1cccc(/C=N\NC(=O)CSc2nnc(SCc3ccccc3Cl)s2)c1OC. The number of thioether (sulfide) groups is 2. The van der Waals surface area contributed by atoms with Crippen molar-refractivity contribution in [1.29, 1.82) is 0 Å². The maximum Gasteiger partial charge on any atom is 0.250 e. The Labute approximate surface area is 197 Å². The second-order valence-corrected chi connectivity index (χ2v) is 9.71. The molecule has 162 valence electrons. The normalized spacial score (nSPS) is 10.9. The van der Waals surface area contributed by atoms with Crippen molar-refractivity contribution in [2.24, 2.45) is 5.10 Å². The summed E-state index contributed by atoms with van der Waals surface area (Å²) < 4.78 is 12.1. The molecular formula is C20H19ClN4O3S3. The Kier molecular flexibility index (Phi) is 9.01. The van der Waals surface area contributed by atoms with E-state index < -0.39 is 0 Å². The number of hydrazone groups is 1. The first kappa shape index (κ1) is 23.4. The first-order valence-corrected chi connectivity index (χ1v) is 12.1. The molecule has 31 heavy (non-hydrogen) atoms. The molecule has 0 aliphatic carbocycles. The lowest BCUT2D eigenvalue weighted by atomic mass is 10.2. The standard InChI is InChI=1S/C20H19ClN4O3S3/c1-27-16-9-5-7-13(18(16)28-2)10-22-23-17(26)12-30-20-25-24-19(31-20)29-11-14-6-3-4-8-15(14)21/h3-10H,11-12H2,1-2H3,(H,23,26)/b22-10-. The molecule has 0 saturated carbocycles. The molecule has 7 nitrogen and oxygen atoms in total. The molecule has 0 aliphatic heterocycles. The number of nitrogens with zero attached hydrogens (tertiary/aromatic N) is 3. The van der Waals surface area contributed by atoms with Crippen LogP contribution < -0.4 is 14.9 Å². The fourth-order valence-corrected chi connectivity index (χ4v) is 5.51. The third-order valence-electron chi connectivity index (χ3n) is 3.85. The van der Waals surface area contributed by atoms with E-state index in [-0.39, 0.29) is 11.7 Å². The van der Waals surface area contributed by atoms with Gasteiger partial charge in [0, 0.05) is 16.3 Å². The third-order valence-corrected chi connectivity index (χ3v) is 7.46. The van der Waals surface area contributed by atoms with Crippen LogP contribution in [0.1, 0.15) is 11.1 Å². The fourth-order valence-electron chi connectivity index (χ4n) is 2.42. The summed E-state index contributed by atoms with van der Waals surface area (Å²) in [6.45, 7) is 0. The van der Waals surface area contributed by atoms with Crippen LogP contribution >= 0.6 is 46.5 Å². The second-order valence-electron chi connectivity index (χ2n) is 5.88. The highest BCUT2D eigenvalue weighted by Crippen LogP contribution is 2.32. The van der Waals surface area contributed by atoms with E-state index in [2.05, 4.69) is 20.7 Å². The highest BCUT2D eigenvalue weighted by atomic mass is 35.5. The van der Waals surface area contributed by atoms with Crippen molar-refractivity contribution in [3.8, 4) is 11.5 Å². The van der Waals surface area contributed by atoms with Gasteiger partial charge in [-0.05, 0) is 23.8 Å². The molecule has 0 unspecified atom stereocenters. The highest BCUT2D eigenvalue weighted by molar-refractivity contribution is 8.03. The predicted molar refractivity (Wildman–Crippen MR) is 127 cm³/mol.